The van der Waals surface area contributed by atoms with Crippen LogP contribution in [-0.4, -0.2) is 28.9 Å². The number of ether oxygens (including phenoxy) is 2. The third-order valence-electron chi connectivity index (χ3n) is 2.90. The summed E-state index contributed by atoms with van der Waals surface area (Å²) in [4.78, 5) is 31.7. The van der Waals surface area contributed by atoms with Crippen LogP contribution in [-0.2, 0) is 19.1 Å². The molecule has 106 valence electrons. The van der Waals surface area contributed by atoms with Crippen LogP contribution in [0.1, 0.15) is 25.1 Å². The van der Waals surface area contributed by atoms with E-state index in [-0.39, 0.29) is 0 Å². The molecule has 1 aliphatic rings. The molecule has 0 unspecified atom stereocenters. The first-order valence-corrected chi connectivity index (χ1v) is 6.22. The number of pyridine rings is 1. The van der Waals surface area contributed by atoms with E-state index in [1.807, 2.05) is 19.9 Å². The van der Waals surface area contributed by atoms with Gasteiger partial charge in [-0.1, -0.05) is 0 Å². The van der Waals surface area contributed by atoms with E-state index in [1.165, 1.54) is 20.1 Å². The number of carbonyl (C=O) groups excluding carboxylic acids is 2. The highest BCUT2D eigenvalue weighted by molar-refractivity contribution is 6.10. The molecule has 0 aliphatic carbocycles. The first-order valence-electron chi connectivity index (χ1n) is 6.22. The van der Waals surface area contributed by atoms with E-state index in [4.69, 9.17) is 9.47 Å². The number of aryl methyl sites for hydroxylation is 2. The molecule has 20 heavy (non-hydrogen) atoms. The summed E-state index contributed by atoms with van der Waals surface area (Å²) in [6, 6.07) is 1.82. The number of hydrogen-bond acceptors (Lipinski definition) is 6. The molecular formula is C14H16N2O4. The SMILES string of the molecule is Cc1cc(N=CC2C(=O)OC(C)(C)OC2=O)cnc1C. The lowest BCUT2D eigenvalue weighted by Gasteiger charge is -2.31. The molecule has 0 saturated carbocycles. The van der Waals surface area contributed by atoms with Crippen LogP contribution < -0.4 is 0 Å². The van der Waals surface area contributed by atoms with Gasteiger partial charge in [0, 0.05) is 25.8 Å². The zero-order valence-electron chi connectivity index (χ0n) is 11.8. The minimum Gasteiger partial charge on any atom is -0.422 e. The van der Waals surface area contributed by atoms with Crippen LogP contribution >= 0.6 is 0 Å². The van der Waals surface area contributed by atoms with Crippen LogP contribution in [0.15, 0.2) is 17.3 Å². The first kappa shape index (κ1) is 14.2. The fraction of sp³-hybridized carbons (Fsp3) is 0.429. The molecule has 0 radical (unpaired) electrons. The molecule has 0 bridgehead atoms. The fourth-order valence-electron chi connectivity index (χ4n) is 1.71. The van der Waals surface area contributed by atoms with E-state index in [9.17, 15) is 9.59 Å². The Labute approximate surface area is 116 Å². The van der Waals surface area contributed by atoms with Gasteiger partial charge >= 0.3 is 11.9 Å². The van der Waals surface area contributed by atoms with Gasteiger partial charge in [-0.05, 0) is 25.5 Å². The lowest BCUT2D eigenvalue weighted by Crippen LogP contribution is -2.46. The van der Waals surface area contributed by atoms with Gasteiger partial charge in [0.2, 0.25) is 0 Å². The van der Waals surface area contributed by atoms with Crippen LogP contribution in [0.5, 0.6) is 0 Å². The van der Waals surface area contributed by atoms with Crippen molar-refractivity contribution in [1.82, 2.24) is 4.98 Å². The predicted molar refractivity (Wildman–Crippen MR) is 71.6 cm³/mol. The minimum absolute atomic E-state index is 0.568. The van der Waals surface area contributed by atoms with Crippen LogP contribution in [0.25, 0.3) is 0 Å². The molecule has 1 aliphatic heterocycles. The third kappa shape index (κ3) is 3.01. The second kappa shape index (κ2) is 5.03. The smallest absolute Gasteiger partial charge is 0.329 e. The molecule has 0 amide bonds. The first-order chi connectivity index (χ1) is 9.28. The quantitative estimate of drug-likeness (QED) is 0.468. The van der Waals surface area contributed by atoms with Gasteiger partial charge in [-0.2, -0.15) is 0 Å². The predicted octanol–water partition coefficient (Wildman–Crippen LogP) is 1.85. The highest BCUT2D eigenvalue weighted by atomic mass is 16.7. The van der Waals surface area contributed by atoms with Crippen LogP contribution in [0, 0.1) is 19.8 Å². The van der Waals surface area contributed by atoms with Crippen molar-refractivity contribution in [3.8, 4) is 0 Å². The van der Waals surface area contributed by atoms with Crippen molar-refractivity contribution < 1.29 is 19.1 Å². The van der Waals surface area contributed by atoms with E-state index < -0.39 is 23.6 Å². The summed E-state index contributed by atoms with van der Waals surface area (Å²) in [5.74, 6) is -3.68. The van der Waals surface area contributed by atoms with Crippen molar-refractivity contribution in [2.24, 2.45) is 10.9 Å². The molecule has 0 atom stereocenters. The van der Waals surface area contributed by atoms with Crippen molar-refractivity contribution in [3.63, 3.8) is 0 Å². The maximum atomic E-state index is 11.7. The molecule has 6 heteroatoms. The molecule has 2 heterocycles. The zero-order valence-corrected chi connectivity index (χ0v) is 11.8. The van der Waals surface area contributed by atoms with Crippen molar-refractivity contribution >= 4 is 23.8 Å². The van der Waals surface area contributed by atoms with Gasteiger partial charge in [0.15, 0.2) is 5.92 Å². The third-order valence-corrected chi connectivity index (χ3v) is 2.90. The number of aromatic nitrogens is 1. The van der Waals surface area contributed by atoms with Crippen molar-refractivity contribution in [2.45, 2.75) is 33.5 Å². The van der Waals surface area contributed by atoms with E-state index in [2.05, 4.69) is 9.98 Å². The molecular weight excluding hydrogens is 260 g/mol. The Hall–Kier alpha value is -2.24. The molecule has 1 aromatic heterocycles. The Morgan fingerprint density at radius 3 is 2.40 bits per heavy atom. The minimum atomic E-state index is -1.22. The number of rotatable bonds is 2. The van der Waals surface area contributed by atoms with E-state index in [1.54, 1.807) is 6.20 Å². The molecule has 1 saturated heterocycles. The second-order valence-electron chi connectivity index (χ2n) is 5.09. The lowest BCUT2D eigenvalue weighted by atomic mass is 10.1. The number of aliphatic imine (C=N–C) groups is 1. The molecule has 0 N–H and O–H groups in total. The van der Waals surface area contributed by atoms with E-state index >= 15 is 0 Å². The summed E-state index contributed by atoms with van der Waals surface area (Å²) < 4.78 is 10.00. The Morgan fingerprint density at radius 2 is 1.85 bits per heavy atom. The zero-order chi connectivity index (χ0) is 14.9. The Morgan fingerprint density at radius 1 is 1.25 bits per heavy atom. The van der Waals surface area contributed by atoms with Gasteiger partial charge < -0.3 is 9.47 Å². The monoisotopic (exact) mass is 276 g/mol. The molecule has 2 rings (SSSR count). The number of esters is 2. The Kier molecular flexibility index (Phi) is 3.57. The van der Waals surface area contributed by atoms with E-state index in [0.717, 1.165) is 11.3 Å². The molecule has 1 fully saturated rings. The van der Waals surface area contributed by atoms with Gasteiger partial charge in [-0.15, -0.1) is 0 Å². The number of nitrogens with zero attached hydrogens (tertiary/aromatic N) is 2. The fourth-order valence-corrected chi connectivity index (χ4v) is 1.71. The van der Waals surface area contributed by atoms with Crippen LogP contribution in [0.4, 0.5) is 5.69 Å². The number of cyclic esters (lactones) is 2. The van der Waals surface area contributed by atoms with Gasteiger partial charge in [0.25, 0.3) is 5.79 Å². The highest BCUT2D eigenvalue weighted by Gasteiger charge is 2.42. The molecule has 0 spiro atoms. The average Bonchev–Trinajstić information content (AvgIpc) is 2.31. The largest absolute Gasteiger partial charge is 0.422 e. The Balaban J connectivity index is 2.16. The van der Waals surface area contributed by atoms with E-state index in [0.29, 0.717) is 5.69 Å². The van der Waals surface area contributed by atoms with Gasteiger partial charge in [-0.25, -0.2) is 0 Å². The normalized spacial score (nSPS) is 19.0. The molecule has 6 nitrogen and oxygen atoms in total. The summed E-state index contributed by atoms with van der Waals surface area (Å²) in [5, 5.41) is 0. The van der Waals surface area contributed by atoms with Crippen molar-refractivity contribution in [1.29, 1.82) is 0 Å². The topological polar surface area (TPSA) is 77.9 Å². The maximum Gasteiger partial charge on any atom is 0.329 e. The van der Waals surface area contributed by atoms with Crippen LogP contribution in [0.3, 0.4) is 0 Å². The molecule has 0 aromatic carbocycles. The van der Waals surface area contributed by atoms with Gasteiger partial charge in [0.1, 0.15) is 0 Å². The van der Waals surface area contributed by atoms with Crippen molar-refractivity contribution in [3.05, 3.63) is 23.5 Å². The highest BCUT2D eigenvalue weighted by Crippen LogP contribution is 2.23. The summed E-state index contributed by atoms with van der Waals surface area (Å²) in [6.07, 6.45) is 2.80. The summed E-state index contributed by atoms with van der Waals surface area (Å²) in [5.41, 5.74) is 2.45. The number of hydrogen-bond donors (Lipinski definition) is 0. The summed E-state index contributed by atoms with van der Waals surface area (Å²) in [7, 11) is 0. The van der Waals surface area contributed by atoms with Crippen LogP contribution in [0.2, 0.25) is 0 Å². The van der Waals surface area contributed by atoms with Gasteiger partial charge in [-0.3, -0.25) is 19.6 Å². The standard InChI is InChI=1S/C14H16N2O4/c1-8-5-10(6-15-9(8)2)16-7-11-12(17)19-14(3,4)20-13(11)18/h5-7,11H,1-4H3. The second-order valence-corrected chi connectivity index (χ2v) is 5.09. The lowest BCUT2D eigenvalue weighted by molar-refractivity contribution is -0.235. The maximum absolute atomic E-state index is 11.7. The summed E-state index contributed by atoms with van der Waals surface area (Å²) >= 11 is 0. The van der Waals surface area contributed by atoms with Crippen molar-refractivity contribution in [2.75, 3.05) is 0 Å². The average molecular weight is 276 g/mol. The molecule has 1 aromatic rings. The Bertz CT molecular complexity index is 573. The summed E-state index contributed by atoms with van der Waals surface area (Å²) in [6.45, 7) is 6.81. The number of carbonyl (C=O) groups is 2. The van der Waals surface area contributed by atoms with Gasteiger partial charge in [0.05, 0.1) is 11.9 Å².